The monoisotopic (exact) mass is 468 g/mol. The van der Waals surface area contributed by atoms with Crippen LogP contribution >= 0.6 is 11.8 Å². The Morgan fingerprint density at radius 2 is 2.03 bits per heavy atom. The standard InChI is InChI=1S/C22H21FN6O3S/c1-12-4-7-14(10-16(12)23)25-17(30)11-29-19(24)18(22(27-29)33-3)21-26-20(28-32-21)13-5-8-15(31-2)9-6-13/h4-10H,11,24H2,1-3H3,(H,25,30). The number of hydrogen-bond acceptors (Lipinski definition) is 8. The van der Waals surface area contributed by atoms with E-state index in [-0.39, 0.29) is 18.3 Å². The van der Waals surface area contributed by atoms with Crippen LogP contribution in [-0.4, -0.2) is 39.2 Å². The summed E-state index contributed by atoms with van der Waals surface area (Å²) in [5.74, 6) is 0.679. The number of amides is 1. The minimum atomic E-state index is -0.406. The first-order valence-corrected chi connectivity index (χ1v) is 11.1. The number of aromatic nitrogens is 4. The molecule has 0 spiro atoms. The Bertz CT molecular complexity index is 1300. The lowest BCUT2D eigenvalue weighted by Gasteiger charge is -2.07. The molecular weight excluding hydrogens is 447 g/mol. The molecule has 0 bridgehead atoms. The van der Waals surface area contributed by atoms with Gasteiger partial charge in [-0.15, -0.1) is 11.8 Å². The Morgan fingerprint density at radius 3 is 2.70 bits per heavy atom. The van der Waals surface area contributed by atoms with Crippen LogP contribution in [-0.2, 0) is 11.3 Å². The van der Waals surface area contributed by atoms with Gasteiger partial charge in [0.2, 0.25) is 11.7 Å². The summed E-state index contributed by atoms with van der Waals surface area (Å²) in [6.45, 7) is 1.47. The molecule has 0 saturated carbocycles. The van der Waals surface area contributed by atoms with Crippen molar-refractivity contribution in [3.63, 3.8) is 0 Å². The first kappa shape index (κ1) is 22.3. The van der Waals surface area contributed by atoms with E-state index in [4.69, 9.17) is 15.0 Å². The second kappa shape index (κ2) is 9.33. The number of methoxy groups -OCH3 is 1. The molecule has 2 aromatic carbocycles. The molecule has 0 radical (unpaired) electrons. The highest BCUT2D eigenvalue weighted by Gasteiger charge is 2.24. The molecule has 4 rings (SSSR count). The van der Waals surface area contributed by atoms with Crippen molar-refractivity contribution in [2.75, 3.05) is 24.4 Å². The maximum absolute atomic E-state index is 13.8. The number of hydrogen-bond donors (Lipinski definition) is 2. The van der Waals surface area contributed by atoms with Crippen molar-refractivity contribution < 1.29 is 18.4 Å². The molecule has 4 aromatic rings. The first-order chi connectivity index (χ1) is 15.9. The second-order valence-corrected chi connectivity index (χ2v) is 7.89. The average molecular weight is 469 g/mol. The molecule has 2 aromatic heterocycles. The lowest BCUT2D eigenvalue weighted by atomic mass is 10.2. The third-order valence-corrected chi connectivity index (χ3v) is 5.56. The van der Waals surface area contributed by atoms with Gasteiger partial charge in [-0.05, 0) is 55.1 Å². The van der Waals surface area contributed by atoms with E-state index in [1.165, 1.54) is 22.5 Å². The highest BCUT2D eigenvalue weighted by Crippen LogP contribution is 2.35. The number of ether oxygens (including phenoxy) is 1. The molecule has 0 aliphatic heterocycles. The fraction of sp³-hybridized carbons (Fsp3) is 0.182. The van der Waals surface area contributed by atoms with Gasteiger partial charge in [0.15, 0.2) is 0 Å². The van der Waals surface area contributed by atoms with Crippen molar-refractivity contribution in [2.45, 2.75) is 18.5 Å². The van der Waals surface area contributed by atoms with Crippen LogP contribution in [0.15, 0.2) is 52.0 Å². The van der Waals surface area contributed by atoms with E-state index in [0.717, 1.165) is 5.56 Å². The predicted octanol–water partition coefficient (Wildman–Crippen LogP) is 4.00. The van der Waals surface area contributed by atoms with Gasteiger partial charge >= 0.3 is 0 Å². The van der Waals surface area contributed by atoms with Gasteiger partial charge in [0, 0.05) is 11.3 Å². The van der Waals surface area contributed by atoms with E-state index in [0.29, 0.717) is 33.4 Å². The van der Waals surface area contributed by atoms with Gasteiger partial charge in [0.25, 0.3) is 5.89 Å². The first-order valence-electron chi connectivity index (χ1n) is 9.84. The molecule has 33 heavy (non-hydrogen) atoms. The summed E-state index contributed by atoms with van der Waals surface area (Å²) in [5.41, 5.74) is 8.32. The molecular formula is C22H21FN6O3S. The summed E-state index contributed by atoms with van der Waals surface area (Å²) in [5, 5.41) is 11.6. The summed E-state index contributed by atoms with van der Waals surface area (Å²) in [6, 6.07) is 11.7. The number of carbonyl (C=O) groups excluding carboxylic acids is 1. The van der Waals surface area contributed by atoms with Crippen LogP contribution in [0.1, 0.15) is 5.56 Å². The number of nitrogens with zero attached hydrogens (tertiary/aromatic N) is 4. The molecule has 9 nitrogen and oxygen atoms in total. The van der Waals surface area contributed by atoms with Gasteiger partial charge in [-0.2, -0.15) is 10.1 Å². The number of nitrogens with two attached hydrogens (primary N) is 1. The molecule has 0 atom stereocenters. The van der Waals surface area contributed by atoms with Crippen LogP contribution in [0.5, 0.6) is 5.75 Å². The zero-order chi connectivity index (χ0) is 23.5. The number of halogens is 1. The summed E-state index contributed by atoms with van der Waals surface area (Å²) in [4.78, 5) is 16.9. The Labute approximate surface area is 193 Å². The molecule has 0 fully saturated rings. The Morgan fingerprint density at radius 1 is 1.27 bits per heavy atom. The topological polar surface area (TPSA) is 121 Å². The lowest BCUT2D eigenvalue weighted by Crippen LogP contribution is -2.20. The zero-order valence-electron chi connectivity index (χ0n) is 18.1. The number of nitrogens with one attached hydrogen (secondary N) is 1. The van der Waals surface area contributed by atoms with Gasteiger partial charge in [0.05, 0.1) is 7.11 Å². The number of thioether (sulfide) groups is 1. The van der Waals surface area contributed by atoms with Crippen LogP contribution < -0.4 is 15.8 Å². The van der Waals surface area contributed by atoms with Crippen molar-refractivity contribution in [1.82, 2.24) is 19.9 Å². The molecule has 0 aliphatic carbocycles. The number of carbonyl (C=O) groups is 1. The molecule has 0 aliphatic rings. The third-order valence-electron chi connectivity index (χ3n) is 4.89. The van der Waals surface area contributed by atoms with E-state index >= 15 is 0 Å². The van der Waals surface area contributed by atoms with Crippen LogP contribution in [0.25, 0.3) is 22.8 Å². The van der Waals surface area contributed by atoms with E-state index in [1.807, 2.05) is 18.4 Å². The van der Waals surface area contributed by atoms with Crippen molar-refractivity contribution in [3.05, 3.63) is 53.8 Å². The van der Waals surface area contributed by atoms with Crippen molar-refractivity contribution in [3.8, 4) is 28.6 Å². The van der Waals surface area contributed by atoms with Crippen LogP contribution in [0.3, 0.4) is 0 Å². The fourth-order valence-corrected chi connectivity index (χ4v) is 3.68. The van der Waals surface area contributed by atoms with E-state index in [9.17, 15) is 9.18 Å². The number of aryl methyl sites for hydroxylation is 1. The van der Waals surface area contributed by atoms with Gasteiger partial charge in [0.1, 0.15) is 34.5 Å². The third kappa shape index (κ3) is 4.67. The highest BCUT2D eigenvalue weighted by atomic mass is 32.2. The Kier molecular flexibility index (Phi) is 6.31. The maximum atomic E-state index is 13.8. The number of anilines is 2. The van der Waals surface area contributed by atoms with E-state index < -0.39 is 11.7 Å². The molecule has 2 heterocycles. The van der Waals surface area contributed by atoms with E-state index in [1.54, 1.807) is 38.3 Å². The largest absolute Gasteiger partial charge is 0.497 e. The maximum Gasteiger partial charge on any atom is 0.264 e. The van der Waals surface area contributed by atoms with Crippen molar-refractivity contribution in [2.24, 2.45) is 0 Å². The van der Waals surface area contributed by atoms with E-state index in [2.05, 4.69) is 20.6 Å². The molecule has 3 N–H and O–H groups in total. The molecule has 1 amide bonds. The van der Waals surface area contributed by atoms with Gasteiger partial charge in [-0.25, -0.2) is 9.07 Å². The van der Waals surface area contributed by atoms with Gasteiger partial charge < -0.3 is 20.3 Å². The Balaban J connectivity index is 1.56. The summed E-state index contributed by atoms with van der Waals surface area (Å²) in [6.07, 6.45) is 1.82. The lowest BCUT2D eigenvalue weighted by molar-refractivity contribution is -0.116. The molecule has 11 heteroatoms. The summed E-state index contributed by atoms with van der Waals surface area (Å²) in [7, 11) is 1.59. The fourth-order valence-electron chi connectivity index (χ4n) is 3.11. The summed E-state index contributed by atoms with van der Waals surface area (Å²) < 4.78 is 25.7. The zero-order valence-corrected chi connectivity index (χ0v) is 18.9. The van der Waals surface area contributed by atoms with Crippen molar-refractivity contribution in [1.29, 1.82) is 0 Å². The number of nitrogen functional groups attached to an aromatic ring is 1. The second-order valence-electron chi connectivity index (χ2n) is 7.09. The molecule has 0 saturated heterocycles. The molecule has 170 valence electrons. The van der Waals surface area contributed by atoms with Crippen molar-refractivity contribution >= 4 is 29.2 Å². The van der Waals surface area contributed by atoms with Crippen LogP contribution in [0.2, 0.25) is 0 Å². The normalized spacial score (nSPS) is 10.9. The minimum absolute atomic E-state index is 0.172. The SMILES string of the molecule is COc1ccc(-c2noc(-c3c(SC)nn(CC(=O)Nc4ccc(C)c(F)c4)c3N)n2)cc1. The Hall–Kier alpha value is -3.86. The number of benzene rings is 2. The average Bonchev–Trinajstić information content (AvgIpc) is 3.41. The highest BCUT2D eigenvalue weighted by molar-refractivity contribution is 7.98. The number of rotatable bonds is 7. The van der Waals surface area contributed by atoms with Gasteiger partial charge in [-0.1, -0.05) is 11.2 Å². The van der Waals surface area contributed by atoms with Gasteiger partial charge in [-0.3, -0.25) is 4.79 Å². The van der Waals surface area contributed by atoms with Crippen LogP contribution in [0.4, 0.5) is 15.9 Å². The predicted molar refractivity (Wildman–Crippen MR) is 123 cm³/mol. The minimum Gasteiger partial charge on any atom is -0.497 e. The van der Waals surface area contributed by atoms with Crippen LogP contribution in [0, 0.1) is 12.7 Å². The molecule has 0 unspecified atom stereocenters. The summed E-state index contributed by atoms with van der Waals surface area (Å²) >= 11 is 1.33. The smallest absolute Gasteiger partial charge is 0.264 e. The quantitative estimate of drug-likeness (QED) is 0.391.